The van der Waals surface area contributed by atoms with Crippen LogP contribution in [0.25, 0.3) is 0 Å². The van der Waals surface area contributed by atoms with Crippen molar-refractivity contribution in [1.29, 1.82) is 0 Å². The van der Waals surface area contributed by atoms with Crippen molar-refractivity contribution in [3.05, 3.63) is 0 Å². The van der Waals surface area contributed by atoms with Gasteiger partial charge in [-0.25, -0.2) is 0 Å². The summed E-state index contributed by atoms with van der Waals surface area (Å²) in [6.07, 6.45) is 6.24. The van der Waals surface area contributed by atoms with Gasteiger partial charge in [0.15, 0.2) is 0 Å². The Bertz CT molecular complexity index is 158. The Morgan fingerprint density at radius 2 is 2.14 bits per heavy atom. The van der Waals surface area contributed by atoms with Gasteiger partial charge in [-0.1, -0.05) is 26.2 Å². The second-order valence-corrected chi connectivity index (χ2v) is 5.07. The van der Waals surface area contributed by atoms with Gasteiger partial charge in [-0.15, -0.1) is 0 Å². The fourth-order valence-corrected chi connectivity index (χ4v) is 2.95. The average Bonchev–Trinajstić information content (AvgIpc) is 2.13. The summed E-state index contributed by atoms with van der Waals surface area (Å²) in [7, 11) is 0. The molecule has 84 valence electrons. The van der Waals surface area contributed by atoms with Crippen LogP contribution in [0.1, 0.15) is 46.0 Å². The van der Waals surface area contributed by atoms with E-state index in [2.05, 4.69) is 13.8 Å². The van der Waals surface area contributed by atoms with Crippen molar-refractivity contribution in [3.8, 4) is 0 Å². The lowest BCUT2D eigenvalue weighted by atomic mass is 9.72. The third-order valence-corrected chi connectivity index (χ3v) is 3.72. The second-order valence-electron chi connectivity index (χ2n) is 5.07. The monoisotopic (exact) mass is 199 g/mol. The van der Waals surface area contributed by atoms with Crippen molar-refractivity contribution in [2.75, 3.05) is 6.61 Å². The molecule has 3 N–H and O–H groups in total. The van der Waals surface area contributed by atoms with Gasteiger partial charge in [0, 0.05) is 12.6 Å². The van der Waals surface area contributed by atoms with Gasteiger partial charge in [-0.3, -0.25) is 0 Å². The summed E-state index contributed by atoms with van der Waals surface area (Å²) < 4.78 is 0. The molecule has 1 fully saturated rings. The molecular weight excluding hydrogens is 174 g/mol. The largest absolute Gasteiger partial charge is 0.396 e. The van der Waals surface area contributed by atoms with E-state index in [1.54, 1.807) is 0 Å². The maximum absolute atomic E-state index is 9.03. The highest BCUT2D eigenvalue weighted by Gasteiger charge is 2.28. The molecule has 0 radical (unpaired) electrons. The minimum Gasteiger partial charge on any atom is -0.396 e. The Morgan fingerprint density at radius 3 is 2.64 bits per heavy atom. The molecule has 0 aliphatic heterocycles. The summed E-state index contributed by atoms with van der Waals surface area (Å²) >= 11 is 0. The van der Waals surface area contributed by atoms with Crippen molar-refractivity contribution < 1.29 is 5.11 Å². The molecule has 0 saturated heterocycles. The van der Waals surface area contributed by atoms with Crippen LogP contribution in [0.4, 0.5) is 0 Å². The Hall–Kier alpha value is -0.0800. The number of hydrogen-bond donors (Lipinski definition) is 2. The molecular formula is C12H25NO. The van der Waals surface area contributed by atoms with Crippen molar-refractivity contribution in [2.45, 2.75) is 52.0 Å². The second kappa shape index (κ2) is 5.72. The lowest BCUT2D eigenvalue weighted by Crippen LogP contribution is -2.35. The predicted molar refractivity (Wildman–Crippen MR) is 60.0 cm³/mol. The van der Waals surface area contributed by atoms with Crippen LogP contribution in [0.3, 0.4) is 0 Å². The van der Waals surface area contributed by atoms with Gasteiger partial charge in [-0.2, -0.15) is 0 Å². The highest BCUT2D eigenvalue weighted by atomic mass is 16.3. The van der Waals surface area contributed by atoms with Gasteiger partial charge in [0.05, 0.1) is 0 Å². The lowest BCUT2D eigenvalue weighted by molar-refractivity contribution is 0.148. The van der Waals surface area contributed by atoms with Crippen molar-refractivity contribution in [1.82, 2.24) is 0 Å². The van der Waals surface area contributed by atoms with E-state index < -0.39 is 0 Å². The molecule has 0 amide bonds. The maximum atomic E-state index is 9.03. The lowest BCUT2D eigenvalue weighted by Gasteiger charge is -2.35. The van der Waals surface area contributed by atoms with Gasteiger partial charge in [0.2, 0.25) is 0 Å². The van der Waals surface area contributed by atoms with Crippen LogP contribution < -0.4 is 5.73 Å². The molecule has 0 spiro atoms. The van der Waals surface area contributed by atoms with Crippen LogP contribution in [0.5, 0.6) is 0 Å². The average molecular weight is 199 g/mol. The van der Waals surface area contributed by atoms with Crippen LogP contribution in [0.2, 0.25) is 0 Å². The van der Waals surface area contributed by atoms with Crippen LogP contribution in [0.15, 0.2) is 0 Å². The molecule has 2 heteroatoms. The Morgan fingerprint density at radius 1 is 1.43 bits per heavy atom. The minimum atomic E-state index is 0.234. The predicted octanol–water partition coefficient (Wildman–Crippen LogP) is 2.16. The molecule has 0 aromatic rings. The fourth-order valence-electron chi connectivity index (χ4n) is 2.95. The molecule has 4 unspecified atom stereocenters. The number of aliphatic hydroxyl groups excluding tert-OH is 1. The molecule has 1 saturated carbocycles. The number of rotatable bonds is 4. The van der Waals surface area contributed by atoms with E-state index in [4.69, 9.17) is 10.8 Å². The van der Waals surface area contributed by atoms with Gasteiger partial charge < -0.3 is 10.8 Å². The Kier molecular flexibility index (Phi) is 4.90. The van der Waals surface area contributed by atoms with E-state index in [-0.39, 0.29) is 12.6 Å². The van der Waals surface area contributed by atoms with Crippen molar-refractivity contribution >= 4 is 0 Å². The molecule has 0 aromatic heterocycles. The third-order valence-electron chi connectivity index (χ3n) is 3.72. The molecule has 1 rings (SSSR count). The van der Waals surface area contributed by atoms with E-state index >= 15 is 0 Å². The maximum Gasteiger partial charge on any atom is 0.0434 e. The summed E-state index contributed by atoms with van der Waals surface area (Å²) in [5.41, 5.74) is 5.99. The van der Waals surface area contributed by atoms with Gasteiger partial charge in [0.25, 0.3) is 0 Å². The molecule has 0 bridgehead atoms. The van der Waals surface area contributed by atoms with Crippen LogP contribution >= 0.6 is 0 Å². The molecule has 1 aliphatic rings. The molecule has 4 atom stereocenters. The molecule has 0 aromatic carbocycles. The summed E-state index contributed by atoms with van der Waals surface area (Å²) in [5.74, 6) is 2.14. The van der Waals surface area contributed by atoms with Gasteiger partial charge >= 0.3 is 0 Å². The summed E-state index contributed by atoms with van der Waals surface area (Å²) in [6, 6.07) is 0.234. The van der Waals surface area contributed by atoms with E-state index in [0.717, 1.165) is 18.3 Å². The zero-order valence-corrected chi connectivity index (χ0v) is 9.58. The zero-order valence-electron chi connectivity index (χ0n) is 9.58. The Balaban J connectivity index is 2.48. The van der Waals surface area contributed by atoms with Crippen molar-refractivity contribution in [3.63, 3.8) is 0 Å². The number of nitrogens with two attached hydrogens (primary N) is 1. The summed E-state index contributed by atoms with van der Waals surface area (Å²) in [6.45, 7) is 4.71. The van der Waals surface area contributed by atoms with E-state index in [1.165, 1.54) is 25.7 Å². The number of hydrogen-bond acceptors (Lipinski definition) is 2. The van der Waals surface area contributed by atoms with Gasteiger partial charge in [0.1, 0.15) is 0 Å². The van der Waals surface area contributed by atoms with E-state index in [1.807, 2.05) is 0 Å². The zero-order chi connectivity index (χ0) is 10.6. The number of aliphatic hydroxyl groups is 1. The van der Waals surface area contributed by atoms with Crippen LogP contribution in [-0.2, 0) is 0 Å². The fraction of sp³-hybridized carbons (Fsp3) is 1.00. The van der Waals surface area contributed by atoms with Crippen LogP contribution in [-0.4, -0.2) is 17.8 Å². The molecule has 0 heterocycles. The topological polar surface area (TPSA) is 46.2 Å². The molecule has 14 heavy (non-hydrogen) atoms. The highest BCUT2D eigenvalue weighted by Crippen LogP contribution is 2.35. The quantitative estimate of drug-likeness (QED) is 0.729. The molecule has 2 nitrogen and oxygen atoms in total. The SMILES string of the molecule is CC1CCCC(C(CCO)C(C)N)C1. The van der Waals surface area contributed by atoms with E-state index in [9.17, 15) is 0 Å². The smallest absolute Gasteiger partial charge is 0.0434 e. The first-order chi connectivity index (χ1) is 6.65. The first-order valence-corrected chi connectivity index (χ1v) is 6.01. The van der Waals surface area contributed by atoms with Crippen molar-refractivity contribution in [2.24, 2.45) is 23.5 Å². The standard InChI is InChI=1S/C12H25NO/c1-9-4-3-5-11(8-9)12(6-7-14)10(2)13/h9-12,14H,3-8,13H2,1-2H3. The first-order valence-electron chi connectivity index (χ1n) is 6.01. The normalized spacial score (nSPS) is 32.6. The van der Waals surface area contributed by atoms with Gasteiger partial charge in [-0.05, 0) is 37.5 Å². The first kappa shape index (κ1) is 12.0. The minimum absolute atomic E-state index is 0.234. The van der Waals surface area contributed by atoms with Crippen LogP contribution in [0, 0.1) is 17.8 Å². The third kappa shape index (κ3) is 3.25. The Labute approximate surface area is 87.9 Å². The van der Waals surface area contributed by atoms with E-state index in [0.29, 0.717) is 5.92 Å². The highest BCUT2D eigenvalue weighted by molar-refractivity contribution is 4.81. The molecule has 1 aliphatic carbocycles. The summed E-state index contributed by atoms with van der Waals surface area (Å²) in [4.78, 5) is 0. The summed E-state index contributed by atoms with van der Waals surface area (Å²) in [5, 5.41) is 9.03.